The smallest absolute Gasteiger partial charge is 0.264 e. The average molecular weight is 330 g/mol. The first-order chi connectivity index (χ1) is 11.3. The van der Waals surface area contributed by atoms with Gasteiger partial charge in [-0.25, -0.2) is 0 Å². The van der Waals surface area contributed by atoms with Crippen molar-refractivity contribution in [1.29, 1.82) is 0 Å². The maximum Gasteiger partial charge on any atom is 0.264 e. The first kappa shape index (κ1) is 14.9. The molecule has 122 valence electrons. The van der Waals surface area contributed by atoms with Gasteiger partial charge >= 0.3 is 0 Å². The van der Waals surface area contributed by atoms with Crippen molar-refractivity contribution in [2.24, 2.45) is 5.92 Å². The van der Waals surface area contributed by atoms with Crippen LogP contribution in [0.1, 0.15) is 47.6 Å². The van der Waals surface area contributed by atoms with Crippen LogP contribution in [0.25, 0.3) is 0 Å². The molecule has 0 spiro atoms. The molecule has 1 atom stereocenters. The largest absolute Gasteiger partial charge is 0.335 e. The molecule has 5 nitrogen and oxygen atoms in total. The SMILES string of the molecule is O=C(c1cccs1)N1CCCC1CCc1nncn1CC1CC1. The Morgan fingerprint density at radius 1 is 1.35 bits per heavy atom. The third-order valence-corrected chi connectivity index (χ3v) is 5.78. The molecule has 0 radical (unpaired) electrons. The van der Waals surface area contributed by atoms with E-state index in [4.69, 9.17) is 0 Å². The summed E-state index contributed by atoms with van der Waals surface area (Å²) in [5.41, 5.74) is 0. The fraction of sp³-hybridized carbons (Fsp3) is 0.588. The summed E-state index contributed by atoms with van der Waals surface area (Å²) in [6.45, 7) is 1.95. The molecule has 0 aromatic carbocycles. The van der Waals surface area contributed by atoms with Crippen LogP contribution in [0, 0.1) is 5.92 Å². The molecular formula is C17H22N4OS. The van der Waals surface area contributed by atoms with Crippen molar-refractivity contribution in [3.8, 4) is 0 Å². The van der Waals surface area contributed by atoms with E-state index >= 15 is 0 Å². The molecule has 4 rings (SSSR count). The molecule has 2 fully saturated rings. The molecule has 2 aromatic rings. The van der Waals surface area contributed by atoms with E-state index in [2.05, 4.69) is 19.7 Å². The lowest BCUT2D eigenvalue weighted by atomic mass is 10.1. The minimum Gasteiger partial charge on any atom is -0.335 e. The topological polar surface area (TPSA) is 51.0 Å². The number of carbonyl (C=O) groups is 1. The van der Waals surface area contributed by atoms with Crippen molar-refractivity contribution in [1.82, 2.24) is 19.7 Å². The van der Waals surface area contributed by atoms with Crippen molar-refractivity contribution < 1.29 is 4.79 Å². The lowest BCUT2D eigenvalue weighted by Gasteiger charge is -2.24. The zero-order chi connectivity index (χ0) is 15.6. The quantitative estimate of drug-likeness (QED) is 0.818. The second-order valence-electron chi connectivity index (χ2n) is 6.65. The molecule has 1 aliphatic heterocycles. The Kier molecular flexibility index (Phi) is 4.16. The summed E-state index contributed by atoms with van der Waals surface area (Å²) < 4.78 is 2.21. The van der Waals surface area contributed by atoms with E-state index in [1.807, 2.05) is 23.8 Å². The number of nitrogens with zero attached hydrogens (tertiary/aromatic N) is 4. The normalized spacial score (nSPS) is 21.0. The third-order valence-electron chi connectivity index (χ3n) is 4.92. The van der Waals surface area contributed by atoms with Gasteiger partial charge in [0.2, 0.25) is 0 Å². The van der Waals surface area contributed by atoms with Crippen molar-refractivity contribution in [2.75, 3.05) is 6.54 Å². The predicted molar refractivity (Wildman–Crippen MR) is 89.4 cm³/mol. The van der Waals surface area contributed by atoms with Gasteiger partial charge in [-0.1, -0.05) is 6.07 Å². The summed E-state index contributed by atoms with van der Waals surface area (Å²) in [4.78, 5) is 15.5. The number of hydrogen-bond acceptors (Lipinski definition) is 4. The molecule has 1 unspecified atom stereocenters. The summed E-state index contributed by atoms with van der Waals surface area (Å²) in [7, 11) is 0. The maximum atomic E-state index is 12.6. The molecule has 1 saturated heterocycles. The van der Waals surface area contributed by atoms with Crippen molar-refractivity contribution in [3.63, 3.8) is 0 Å². The van der Waals surface area contributed by atoms with Crippen LogP contribution in [0.15, 0.2) is 23.8 Å². The highest BCUT2D eigenvalue weighted by molar-refractivity contribution is 7.12. The first-order valence-corrected chi connectivity index (χ1v) is 9.40. The van der Waals surface area contributed by atoms with Crippen LogP contribution < -0.4 is 0 Å². The molecule has 1 saturated carbocycles. The van der Waals surface area contributed by atoms with E-state index in [-0.39, 0.29) is 5.91 Å². The van der Waals surface area contributed by atoms with Gasteiger partial charge < -0.3 is 9.47 Å². The zero-order valence-electron chi connectivity index (χ0n) is 13.2. The van der Waals surface area contributed by atoms with E-state index in [1.54, 1.807) is 0 Å². The number of carbonyl (C=O) groups excluding carboxylic acids is 1. The molecular weight excluding hydrogens is 308 g/mol. The van der Waals surface area contributed by atoms with Gasteiger partial charge in [-0.15, -0.1) is 21.5 Å². The number of aromatic nitrogens is 3. The summed E-state index contributed by atoms with van der Waals surface area (Å²) in [5, 5.41) is 10.3. The Morgan fingerprint density at radius 3 is 3.04 bits per heavy atom. The molecule has 2 aliphatic rings. The van der Waals surface area contributed by atoms with E-state index < -0.39 is 0 Å². The second kappa shape index (κ2) is 6.43. The first-order valence-electron chi connectivity index (χ1n) is 8.52. The highest BCUT2D eigenvalue weighted by atomic mass is 32.1. The number of thiophene rings is 1. The molecule has 1 aliphatic carbocycles. The Labute approximate surface area is 140 Å². The lowest BCUT2D eigenvalue weighted by Crippen LogP contribution is -2.35. The average Bonchev–Trinajstić information content (AvgIpc) is 3.03. The van der Waals surface area contributed by atoms with E-state index in [0.29, 0.717) is 6.04 Å². The van der Waals surface area contributed by atoms with E-state index in [9.17, 15) is 4.79 Å². The van der Waals surface area contributed by atoms with Gasteiger partial charge in [-0.2, -0.15) is 0 Å². The molecule has 23 heavy (non-hydrogen) atoms. The van der Waals surface area contributed by atoms with Crippen molar-refractivity contribution in [2.45, 2.75) is 51.1 Å². The molecule has 3 heterocycles. The monoisotopic (exact) mass is 330 g/mol. The van der Waals surface area contributed by atoms with Gasteiger partial charge in [0.25, 0.3) is 5.91 Å². The Bertz CT molecular complexity index is 662. The van der Waals surface area contributed by atoms with E-state index in [0.717, 1.165) is 55.4 Å². The molecule has 0 N–H and O–H groups in total. The number of aryl methyl sites for hydroxylation is 1. The van der Waals surface area contributed by atoms with Gasteiger partial charge in [0, 0.05) is 25.6 Å². The summed E-state index contributed by atoms with van der Waals surface area (Å²) in [6.07, 6.45) is 8.64. The maximum absolute atomic E-state index is 12.6. The van der Waals surface area contributed by atoms with Crippen LogP contribution in [0.4, 0.5) is 0 Å². The van der Waals surface area contributed by atoms with Gasteiger partial charge in [0.15, 0.2) is 0 Å². The second-order valence-corrected chi connectivity index (χ2v) is 7.60. The molecule has 2 aromatic heterocycles. The minimum absolute atomic E-state index is 0.196. The summed E-state index contributed by atoms with van der Waals surface area (Å²) in [6, 6.07) is 4.22. The van der Waals surface area contributed by atoms with Gasteiger partial charge in [-0.3, -0.25) is 4.79 Å². The van der Waals surface area contributed by atoms with E-state index in [1.165, 1.54) is 24.2 Å². The van der Waals surface area contributed by atoms with Crippen LogP contribution in [0.5, 0.6) is 0 Å². The van der Waals surface area contributed by atoms with Crippen LogP contribution in [0.3, 0.4) is 0 Å². The van der Waals surface area contributed by atoms with Crippen LogP contribution in [0.2, 0.25) is 0 Å². The standard InChI is InChI=1S/C17H22N4OS/c22-17(15-4-2-10-23-15)21-9-1-3-14(21)7-8-16-19-18-12-20(16)11-13-5-6-13/h2,4,10,12-14H,1,3,5-9,11H2. The summed E-state index contributed by atoms with van der Waals surface area (Å²) >= 11 is 1.53. The Balaban J connectivity index is 1.38. The Morgan fingerprint density at radius 2 is 2.26 bits per heavy atom. The fourth-order valence-electron chi connectivity index (χ4n) is 3.44. The zero-order valence-corrected chi connectivity index (χ0v) is 14.0. The molecule has 6 heteroatoms. The van der Waals surface area contributed by atoms with Gasteiger partial charge in [0.1, 0.15) is 12.2 Å². The molecule has 1 amide bonds. The predicted octanol–water partition coefficient (Wildman–Crippen LogP) is 2.99. The highest BCUT2D eigenvalue weighted by Gasteiger charge is 2.30. The number of amides is 1. The van der Waals surface area contributed by atoms with Crippen LogP contribution >= 0.6 is 11.3 Å². The van der Waals surface area contributed by atoms with Crippen LogP contribution in [-0.4, -0.2) is 38.2 Å². The van der Waals surface area contributed by atoms with Gasteiger partial charge in [0.05, 0.1) is 4.88 Å². The Hall–Kier alpha value is -1.69. The lowest BCUT2D eigenvalue weighted by molar-refractivity contribution is 0.0735. The van der Waals surface area contributed by atoms with Crippen molar-refractivity contribution >= 4 is 17.2 Å². The van der Waals surface area contributed by atoms with Crippen LogP contribution in [-0.2, 0) is 13.0 Å². The third kappa shape index (κ3) is 3.32. The van der Waals surface area contributed by atoms with Crippen molar-refractivity contribution in [3.05, 3.63) is 34.5 Å². The number of rotatable bonds is 6. The fourth-order valence-corrected chi connectivity index (χ4v) is 4.12. The highest BCUT2D eigenvalue weighted by Crippen LogP contribution is 2.31. The van der Waals surface area contributed by atoms with Gasteiger partial charge in [-0.05, 0) is 49.5 Å². The molecule has 0 bridgehead atoms. The number of hydrogen-bond donors (Lipinski definition) is 0. The number of likely N-dealkylation sites (tertiary alicyclic amines) is 1. The minimum atomic E-state index is 0.196. The summed E-state index contributed by atoms with van der Waals surface area (Å²) in [5.74, 6) is 2.10.